The lowest BCUT2D eigenvalue weighted by atomic mass is 9.95. The third-order valence-corrected chi connectivity index (χ3v) is 7.04. The first-order valence-electron chi connectivity index (χ1n) is 9.60. The van der Waals surface area contributed by atoms with Crippen LogP contribution >= 0.6 is 0 Å². The van der Waals surface area contributed by atoms with Crippen molar-refractivity contribution in [1.29, 1.82) is 0 Å². The van der Waals surface area contributed by atoms with Gasteiger partial charge in [0.05, 0.1) is 5.41 Å². The minimum atomic E-state index is -4.41. The first kappa shape index (κ1) is 20.3. The van der Waals surface area contributed by atoms with Gasteiger partial charge in [0.2, 0.25) is 11.8 Å². The Morgan fingerprint density at radius 1 is 1.13 bits per heavy atom. The molecule has 2 N–H and O–H groups in total. The number of anilines is 2. The molecule has 158 valence electrons. The third kappa shape index (κ3) is 3.54. The molecule has 1 heterocycles. The molecule has 2 aliphatic rings. The summed E-state index contributed by atoms with van der Waals surface area (Å²) in [5, 5.41) is 2.52. The molecular weight excluding hydrogens is 409 g/mol. The molecule has 0 saturated heterocycles. The Kier molecular flexibility index (Phi) is 4.80. The molecule has 1 aliphatic carbocycles. The maximum absolute atomic E-state index is 14.5. The van der Waals surface area contributed by atoms with Crippen molar-refractivity contribution in [3.05, 3.63) is 53.3 Å². The van der Waals surface area contributed by atoms with Crippen LogP contribution in [0, 0.1) is 5.82 Å². The fourth-order valence-electron chi connectivity index (χ4n) is 3.71. The van der Waals surface area contributed by atoms with Gasteiger partial charge in [0.15, 0.2) is 0 Å². The Morgan fingerprint density at radius 2 is 1.80 bits per heavy atom. The van der Waals surface area contributed by atoms with E-state index in [0.717, 1.165) is 17.3 Å². The molecule has 1 saturated carbocycles. The van der Waals surface area contributed by atoms with Gasteiger partial charge in [-0.1, -0.05) is 12.1 Å². The van der Waals surface area contributed by atoms with Gasteiger partial charge in [0.1, 0.15) is 10.7 Å². The number of sulfonamides is 1. The van der Waals surface area contributed by atoms with Crippen molar-refractivity contribution < 1.29 is 22.4 Å². The highest BCUT2D eigenvalue weighted by Gasteiger charge is 2.52. The molecule has 2 aromatic rings. The number of benzene rings is 2. The van der Waals surface area contributed by atoms with E-state index in [-0.39, 0.29) is 18.0 Å². The summed E-state index contributed by atoms with van der Waals surface area (Å²) in [5.74, 6) is -1.93. The van der Waals surface area contributed by atoms with E-state index in [2.05, 4.69) is 10.0 Å². The summed E-state index contributed by atoms with van der Waals surface area (Å²) in [4.78, 5) is 25.7. The van der Waals surface area contributed by atoms with Crippen LogP contribution in [0.5, 0.6) is 0 Å². The van der Waals surface area contributed by atoms with Crippen LogP contribution in [0.15, 0.2) is 41.3 Å². The monoisotopic (exact) mass is 431 g/mol. The largest absolute Gasteiger partial charge is 0.378 e. The van der Waals surface area contributed by atoms with E-state index in [0.29, 0.717) is 24.8 Å². The van der Waals surface area contributed by atoms with Crippen molar-refractivity contribution in [2.45, 2.75) is 36.0 Å². The van der Waals surface area contributed by atoms with E-state index in [4.69, 9.17) is 0 Å². The van der Waals surface area contributed by atoms with Gasteiger partial charge in [0.25, 0.3) is 10.0 Å². The average Bonchev–Trinajstić information content (AvgIpc) is 3.49. The Hall–Kier alpha value is -2.94. The van der Waals surface area contributed by atoms with Crippen molar-refractivity contribution in [3.63, 3.8) is 0 Å². The molecule has 30 heavy (non-hydrogen) atoms. The molecular formula is C21H22FN3O4S. The van der Waals surface area contributed by atoms with Crippen molar-refractivity contribution in [3.8, 4) is 0 Å². The van der Waals surface area contributed by atoms with Gasteiger partial charge in [0, 0.05) is 31.9 Å². The summed E-state index contributed by atoms with van der Waals surface area (Å²) in [7, 11) is -0.600. The van der Waals surface area contributed by atoms with E-state index in [1.165, 1.54) is 6.07 Å². The number of rotatable bonds is 5. The number of aryl methyl sites for hydroxylation is 1. The molecule has 1 fully saturated rings. The second-order valence-electron chi connectivity index (χ2n) is 7.95. The molecule has 7 nitrogen and oxygen atoms in total. The second kappa shape index (κ2) is 7.09. The minimum absolute atomic E-state index is 0.191. The maximum atomic E-state index is 14.5. The molecule has 0 aromatic heterocycles. The molecule has 4 rings (SSSR count). The summed E-state index contributed by atoms with van der Waals surface area (Å²) < 4.78 is 42.2. The fraction of sp³-hybridized carbons (Fsp3) is 0.333. The molecule has 0 radical (unpaired) electrons. The third-order valence-electron chi connectivity index (χ3n) is 5.69. The number of carbonyl (C=O) groups is 2. The van der Waals surface area contributed by atoms with Crippen LogP contribution < -0.4 is 14.9 Å². The zero-order chi connectivity index (χ0) is 21.7. The molecule has 1 aliphatic heterocycles. The lowest BCUT2D eigenvalue weighted by Gasteiger charge is -2.20. The normalized spacial score (nSPS) is 17.0. The van der Waals surface area contributed by atoms with Gasteiger partial charge in [-0.05, 0) is 54.7 Å². The number of nitrogens with zero attached hydrogens (tertiary/aromatic N) is 1. The predicted molar refractivity (Wildman–Crippen MR) is 110 cm³/mol. The number of hydrogen-bond donors (Lipinski definition) is 2. The quantitative estimate of drug-likeness (QED) is 0.758. The SMILES string of the molecule is CN(C)c1ccc(C2(C(=O)NS(=O)(=O)c3cc4c(cc3F)NC(=O)CC4)CC2)cc1. The zero-order valence-corrected chi connectivity index (χ0v) is 17.5. The number of halogens is 1. The van der Waals surface area contributed by atoms with Crippen LogP contribution in [0.25, 0.3) is 0 Å². The summed E-state index contributed by atoms with van der Waals surface area (Å²) in [6.07, 6.45) is 1.54. The highest BCUT2D eigenvalue weighted by atomic mass is 32.2. The van der Waals surface area contributed by atoms with Crippen molar-refractivity contribution >= 4 is 33.2 Å². The Bertz CT molecular complexity index is 1140. The Morgan fingerprint density at radius 3 is 2.40 bits per heavy atom. The topological polar surface area (TPSA) is 95.6 Å². The van der Waals surface area contributed by atoms with Gasteiger partial charge in [-0.15, -0.1) is 0 Å². The van der Waals surface area contributed by atoms with E-state index < -0.39 is 32.1 Å². The van der Waals surface area contributed by atoms with Gasteiger partial charge < -0.3 is 10.2 Å². The fourth-order valence-corrected chi connectivity index (χ4v) is 4.87. The van der Waals surface area contributed by atoms with Crippen LogP contribution in [0.3, 0.4) is 0 Å². The highest BCUT2D eigenvalue weighted by molar-refractivity contribution is 7.90. The van der Waals surface area contributed by atoms with Crippen LogP contribution in [-0.2, 0) is 31.4 Å². The smallest absolute Gasteiger partial charge is 0.267 e. The number of fused-ring (bicyclic) bond motifs is 1. The number of hydrogen-bond acceptors (Lipinski definition) is 5. The van der Waals surface area contributed by atoms with Crippen LogP contribution in [0.4, 0.5) is 15.8 Å². The first-order valence-corrected chi connectivity index (χ1v) is 11.1. The van der Waals surface area contributed by atoms with Gasteiger partial charge in [-0.2, -0.15) is 0 Å². The summed E-state index contributed by atoms with van der Waals surface area (Å²) >= 11 is 0. The lowest BCUT2D eigenvalue weighted by molar-refractivity contribution is -0.121. The average molecular weight is 431 g/mol. The standard InChI is InChI=1S/C21H22FN3O4S/c1-25(2)15-6-4-14(5-7-15)21(9-10-21)20(27)24-30(28,29)18-11-13-3-8-19(26)23-17(13)12-16(18)22/h4-7,11-12H,3,8-10H2,1-2H3,(H,23,26)(H,24,27). The van der Waals surface area contributed by atoms with Crippen molar-refractivity contribution in [2.75, 3.05) is 24.3 Å². The van der Waals surface area contributed by atoms with E-state index in [9.17, 15) is 22.4 Å². The van der Waals surface area contributed by atoms with Crippen LogP contribution in [0.1, 0.15) is 30.4 Å². The molecule has 0 bridgehead atoms. The number of carbonyl (C=O) groups excluding carboxylic acids is 2. The Balaban J connectivity index is 1.59. The van der Waals surface area contributed by atoms with E-state index >= 15 is 0 Å². The Labute approximate surface area is 174 Å². The van der Waals surface area contributed by atoms with Crippen LogP contribution in [-0.4, -0.2) is 34.3 Å². The zero-order valence-electron chi connectivity index (χ0n) is 16.7. The molecule has 2 amide bonds. The van der Waals surface area contributed by atoms with E-state index in [1.54, 1.807) is 0 Å². The predicted octanol–water partition coefficient (Wildman–Crippen LogP) is 2.31. The molecule has 0 unspecified atom stereocenters. The summed E-state index contributed by atoms with van der Waals surface area (Å²) in [6, 6.07) is 9.54. The van der Waals surface area contributed by atoms with Crippen molar-refractivity contribution in [1.82, 2.24) is 4.72 Å². The van der Waals surface area contributed by atoms with Gasteiger partial charge >= 0.3 is 0 Å². The summed E-state index contributed by atoms with van der Waals surface area (Å²) in [6.45, 7) is 0. The maximum Gasteiger partial charge on any atom is 0.267 e. The van der Waals surface area contributed by atoms with Gasteiger partial charge in [-0.25, -0.2) is 17.5 Å². The lowest BCUT2D eigenvalue weighted by Crippen LogP contribution is -2.39. The molecule has 0 spiro atoms. The van der Waals surface area contributed by atoms with Crippen molar-refractivity contribution in [2.24, 2.45) is 0 Å². The minimum Gasteiger partial charge on any atom is -0.378 e. The van der Waals surface area contributed by atoms with Gasteiger partial charge in [-0.3, -0.25) is 9.59 Å². The highest BCUT2D eigenvalue weighted by Crippen LogP contribution is 2.49. The number of amides is 2. The molecule has 2 aromatic carbocycles. The second-order valence-corrected chi connectivity index (χ2v) is 9.60. The van der Waals surface area contributed by atoms with E-state index in [1.807, 2.05) is 43.3 Å². The first-order chi connectivity index (χ1) is 14.1. The summed E-state index contributed by atoms with van der Waals surface area (Å²) in [5.41, 5.74) is 1.55. The van der Waals surface area contributed by atoms with Crippen LogP contribution in [0.2, 0.25) is 0 Å². The molecule has 9 heteroatoms. The number of nitrogens with one attached hydrogen (secondary N) is 2. The molecule has 0 atom stereocenters.